The van der Waals surface area contributed by atoms with Gasteiger partial charge in [0.2, 0.25) is 0 Å². The van der Waals surface area contributed by atoms with E-state index in [1.54, 1.807) is 0 Å². The molecule has 0 saturated carbocycles. The van der Waals surface area contributed by atoms with Crippen LogP contribution < -0.4 is 0 Å². The van der Waals surface area contributed by atoms with Crippen LogP contribution in [0.2, 0.25) is 0 Å². The highest BCUT2D eigenvalue weighted by Gasteiger charge is 2.13. The fourth-order valence-corrected chi connectivity index (χ4v) is 2.65. The molecule has 1 atom stereocenters. The molecule has 88 valence electrons. The van der Waals surface area contributed by atoms with Gasteiger partial charge in [-0.2, -0.15) is 0 Å². The van der Waals surface area contributed by atoms with Crippen LogP contribution in [0.15, 0.2) is 51.4 Å². The summed E-state index contributed by atoms with van der Waals surface area (Å²) in [7, 11) is 0. The van der Waals surface area contributed by atoms with Crippen LogP contribution in [0.3, 0.4) is 0 Å². The van der Waals surface area contributed by atoms with Gasteiger partial charge in [0.1, 0.15) is 6.10 Å². The van der Waals surface area contributed by atoms with Gasteiger partial charge in [-0.3, -0.25) is 0 Å². The van der Waals surface area contributed by atoms with E-state index in [1.165, 1.54) is 5.56 Å². The van der Waals surface area contributed by atoms with Gasteiger partial charge in [0.25, 0.3) is 0 Å². The van der Waals surface area contributed by atoms with Crippen molar-refractivity contribution in [1.82, 2.24) is 0 Å². The molecular formula is C14H12Br2O. The molecule has 0 amide bonds. The second kappa shape index (κ2) is 5.34. The molecule has 2 rings (SSSR count). The molecule has 0 aromatic heterocycles. The van der Waals surface area contributed by atoms with E-state index in [1.807, 2.05) is 49.4 Å². The van der Waals surface area contributed by atoms with Crippen molar-refractivity contribution >= 4 is 31.9 Å². The Morgan fingerprint density at radius 1 is 1.00 bits per heavy atom. The van der Waals surface area contributed by atoms with Gasteiger partial charge >= 0.3 is 0 Å². The van der Waals surface area contributed by atoms with Crippen LogP contribution in [0.5, 0.6) is 0 Å². The molecule has 0 bridgehead atoms. The van der Waals surface area contributed by atoms with E-state index >= 15 is 0 Å². The molecule has 17 heavy (non-hydrogen) atoms. The van der Waals surface area contributed by atoms with E-state index in [4.69, 9.17) is 0 Å². The first kappa shape index (κ1) is 12.8. The topological polar surface area (TPSA) is 20.2 Å². The molecular weight excluding hydrogens is 344 g/mol. The maximum absolute atomic E-state index is 10.3. The second-order valence-electron chi connectivity index (χ2n) is 3.98. The van der Waals surface area contributed by atoms with Crippen LogP contribution in [0.25, 0.3) is 0 Å². The standard InChI is InChI=1S/C14H12Br2O/c1-9-2-7-12(13(16)8-9)14(17)10-3-5-11(15)6-4-10/h2-8,14,17H,1H3. The lowest BCUT2D eigenvalue weighted by atomic mass is 10.0. The summed E-state index contributed by atoms with van der Waals surface area (Å²) in [5.74, 6) is 0. The predicted octanol–water partition coefficient (Wildman–Crippen LogP) is 4.60. The molecule has 1 nitrogen and oxygen atoms in total. The van der Waals surface area contributed by atoms with Crippen molar-refractivity contribution in [2.24, 2.45) is 0 Å². The number of hydrogen-bond acceptors (Lipinski definition) is 1. The van der Waals surface area contributed by atoms with Crippen molar-refractivity contribution in [3.63, 3.8) is 0 Å². The van der Waals surface area contributed by atoms with Crippen molar-refractivity contribution in [2.45, 2.75) is 13.0 Å². The second-order valence-corrected chi connectivity index (χ2v) is 5.75. The zero-order chi connectivity index (χ0) is 12.4. The Morgan fingerprint density at radius 3 is 2.24 bits per heavy atom. The van der Waals surface area contributed by atoms with Gasteiger partial charge in [0.15, 0.2) is 0 Å². The first-order valence-corrected chi connectivity index (χ1v) is 6.86. The monoisotopic (exact) mass is 354 g/mol. The molecule has 0 aliphatic heterocycles. The predicted molar refractivity (Wildman–Crippen MR) is 77.1 cm³/mol. The van der Waals surface area contributed by atoms with Gasteiger partial charge in [-0.25, -0.2) is 0 Å². The highest BCUT2D eigenvalue weighted by atomic mass is 79.9. The lowest BCUT2D eigenvalue weighted by Gasteiger charge is -2.14. The number of rotatable bonds is 2. The van der Waals surface area contributed by atoms with Gasteiger partial charge in [-0.1, -0.05) is 56.1 Å². The Morgan fingerprint density at radius 2 is 1.65 bits per heavy atom. The Kier molecular flexibility index (Phi) is 4.02. The van der Waals surface area contributed by atoms with Crippen LogP contribution in [0.4, 0.5) is 0 Å². The molecule has 2 aromatic carbocycles. The third kappa shape index (κ3) is 2.97. The van der Waals surface area contributed by atoms with Crippen LogP contribution in [-0.4, -0.2) is 5.11 Å². The highest BCUT2D eigenvalue weighted by Crippen LogP contribution is 2.29. The number of aryl methyl sites for hydroxylation is 1. The van der Waals surface area contributed by atoms with E-state index < -0.39 is 6.10 Å². The zero-order valence-electron chi connectivity index (χ0n) is 9.32. The zero-order valence-corrected chi connectivity index (χ0v) is 12.5. The van der Waals surface area contributed by atoms with Gasteiger partial charge in [0, 0.05) is 8.95 Å². The van der Waals surface area contributed by atoms with E-state index in [2.05, 4.69) is 31.9 Å². The minimum absolute atomic E-state index is 0.599. The molecule has 2 aromatic rings. The summed E-state index contributed by atoms with van der Waals surface area (Å²) in [6.07, 6.45) is -0.599. The minimum atomic E-state index is -0.599. The molecule has 1 N–H and O–H groups in total. The quantitative estimate of drug-likeness (QED) is 0.834. The third-order valence-electron chi connectivity index (χ3n) is 2.64. The molecule has 0 radical (unpaired) electrons. The Hall–Kier alpha value is -0.640. The number of benzene rings is 2. The van der Waals surface area contributed by atoms with E-state index in [0.717, 1.165) is 20.1 Å². The third-order valence-corrected chi connectivity index (χ3v) is 3.85. The van der Waals surface area contributed by atoms with Crippen molar-refractivity contribution in [3.05, 3.63) is 68.1 Å². The summed E-state index contributed by atoms with van der Waals surface area (Å²) in [5.41, 5.74) is 2.94. The normalized spacial score (nSPS) is 12.5. The van der Waals surface area contributed by atoms with Crippen LogP contribution in [0.1, 0.15) is 22.8 Å². The van der Waals surface area contributed by atoms with Crippen LogP contribution >= 0.6 is 31.9 Å². The average molecular weight is 356 g/mol. The summed E-state index contributed by atoms with van der Waals surface area (Å²) in [5, 5.41) is 10.3. The largest absolute Gasteiger partial charge is 0.384 e. The minimum Gasteiger partial charge on any atom is -0.384 e. The average Bonchev–Trinajstić information content (AvgIpc) is 2.29. The maximum atomic E-state index is 10.3. The highest BCUT2D eigenvalue weighted by molar-refractivity contribution is 9.10. The number of hydrogen-bond donors (Lipinski definition) is 1. The fourth-order valence-electron chi connectivity index (χ4n) is 1.68. The van der Waals surface area contributed by atoms with Gasteiger partial charge in [-0.15, -0.1) is 0 Å². The number of aliphatic hydroxyl groups is 1. The Bertz CT molecular complexity index is 520. The van der Waals surface area contributed by atoms with Gasteiger partial charge < -0.3 is 5.11 Å². The van der Waals surface area contributed by atoms with Crippen molar-refractivity contribution < 1.29 is 5.11 Å². The lowest BCUT2D eigenvalue weighted by molar-refractivity contribution is 0.219. The van der Waals surface area contributed by atoms with Gasteiger partial charge in [0.05, 0.1) is 0 Å². The molecule has 3 heteroatoms. The number of halogens is 2. The van der Waals surface area contributed by atoms with Crippen LogP contribution in [0, 0.1) is 6.92 Å². The Labute approximate surface area is 118 Å². The molecule has 0 saturated heterocycles. The molecule has 1 unspecified atom stereocenters. The summed E-state index contributed by atoms with van der Waals surface area (Å²) < 4.78 is 1.95. The molecule has 0 aliphatic carbocycles. The summed E-state index contributed by atoms with van der Waals surface area (Å²) in [6, 6.07) is 13.7. The van der Waals surface area contributed by atoms with Gasteiger partial charge in [-0.05, 0) is 41.8 Å². The molecule has 0 aliphatic rings. The summed E-state index contributed by atoms with van der Waals surface area (Å²) in [6.45, 7) is 2.03. The SMILES string of the molecule is Cc1ccc(C(O)c2ccc(Br)cc2)c(Br)c1. The lowest BCUT2D eigenvalue weighted by Crippen LogP contribution is -2.00. The fraction of sp³-hybridized carbons (Fsp3) is 0.143. The first-order chi connectivity index (χ1) is 8.08. The molecule has 0 heterocycles. The Balaban J connectivity index is 2.36. The van der Waals surface area contributed by atoms with E-state index in [0.29, 0.717) is 0 Å². The smallest absolute Gasteiger partial charge is 0.105 e. The van der Waals surface area contributed by atoms with Crippen molar-refractivity contribution in [1.29, 1.82) is 0 Å². The summed E-state index contributed by atoms with van der Waals surface area (Å²) in [4.78, 5) is 0. The summed E-state index contributed by atoms with van der Waals surface area (Å²) >= 11 is 6.87. The maximum Gasteiger partial charge on any atom is 0.105 e. The van der Waals surface area contributed by atoms with E-state index in [9.17, 15) is 5.11 Å². The van der Waals surface area contributed by atoms with Crippen molar-refractivity contribution in [2.75, 3.05) is 0 Å². The van der Waals surface area contributed by atoms with Crippen LogP contribution in [-0.2, 0) is 0 Å². The molecule has 0 fully saturated rings. The first-order valence-electron chi connectivity index (χ1n) is 5.27. The number of aliphatic hydroxyl groups excluding tert-OH is 1. The van der Waals surface area contributed by atoms with Crippen molar-refractivity contribution in [3.8, 4) is 0 Å². The van der Waals surface area contributed by atoms with E-state index in [-0.39, 0.29) is 0 Å². The molecule has 0 spiro atoms.